The summed E-state index contributed by atoms with van der Waals surface area (Å²) in [5.41, 5.74) is -0.497. The van der Waals surface area contributed by atoms with Gasteiger partial charge in [0, 0.05) is 19.3 Å². The van der Waals surface area contributed by atoms with E-state index in [0.29, 0.717) is 35.8 Å². The van der Waals surface area contributed by atoms with Crippen molar-refractivity contribution in [3.8, 4) is 0 Å². The molecular formula is C30H42O7. The summed E-state index contributed by atoms with van der Waals surface area (Å²) in [6.45, 7) is 8.32. The maximum atomic E-state index is 13.8. The van der Waals surface area contributed by atoms with E-state index in [0.717, 1.165) is 25.7 Å². The van der Waals surface area contributed by atoms with Crippen molar-refractivity contribution in [2.45, 2.75) is 108 Å². The van der Waals surface area contributed by atoms with Gasteiger partial charge in [-0.1, -0.05) is 50.3 Å². The van der Waals surface area contributed by atoms with Crippen LogP contribution < -0.4 is 0 Å². The second-order valence-electron chi connectivity index (χ2n) is 11.9. The fourth-order valence-electron chi connectivity index (χ4n) is 6.50. The van der Waals surface area contributed by atoms with Crippen LogP contribution in [0.5, 0.6) is 0 Å². The van der Waals surface area contributed by atoms with Crippen LogP contribution in [0.1, 0.15) is 66.2 Å². The Kier molecular flexibility index (Phi) is 7.55. The normalized spacial score (nSPS) is 46.7. The zero-order valence-electron chi connectivity index (χ0n) is 22.5. The molecule has 4 aliphatic heterocycles. The number of carbonyl (C=O) groups is 1. The Morgan fingerprint density at radius 1 is 1.08 bits per heavy atom. The maximum Gasteiger partial charge on any atom is 0.316 e. The van der Waals surface area contributed by atoms with Crippen molar-refractivity contribution in [1.29, 1.82) is 0 Å². The molecule has 2 N–H and O–H groups in total. The molecule has 0 aromatic carbocycles. The minimum absolute atomic E-state index is 0.0557. The van der Waals surface area contributed by atoms with Crippen molar-refractivity contribution in [2.75, 3.05) is 6.61 Å². The summed E-state index contributed by atoms with van der Waals surface area (Å²) in [7, 11) is 0. The molecule has 2 bridgehead atoms. The Balaban J connectivity index is 1.49. The Morgan fingerprint density at radius 3 is 2.65 bits per heavy atom. The van der Waals surface area contributed by atoms with Crippen molar-refractivity contribution in [3.63, 3.8) is 0 Å². The van der Waals surface area contributed by atoms with Gasteiger partial charge in [-0.3, -0.25) is 4.79 Å². The van der Waals surface area contributed by atoms with Gasteiger partial charge < -0.3 is 29.2 Å². The minimum atomic E-state index is -1.67. The van der Waals surface area contributed by atoms with Crippen LogP contribution >= 0.6 is 0 Å². The number of ether oxygens (including phenoxy) is 4. The molecule has 1 spiro atoms. The Bertz CT molecular complexity index is 998. The molecule has 10 atom stereocenters. The van der Waals surface area contributed by atoms with Crippen molar-refractivity contribution >= 4 is 5.97 Å². The molecule has 1 aliphatic carbocycles. The van der Waals surface area contributed by atoms with E-state index < -0.39 is 41.6 Å². The average molecular weight is 515 g/mol. The number of esters is 1. The smallest absolute Gasteiger partial charge is 0.316 e. The van der Waals surface area contributed by atoms with Crippen LogP contribution in [0.2, 0.25) is 0 Å². The molecule has 4 heterocycles. The van der Waals surface area contributed by atoms with Crippen LogP contribution in [0.3, 0.4) is 0 Å². The van der Waals surface area contributed by atoms with E-state index in [9.17, 15) is 15.0 Å². The van der Waals surface area contributed by atoms with E-state index in [1.165, 1.54) is 0 Å². The minimum Gasteiger partial charge on any atom is -0.462 e. The first kappa shape index (κ1) is 26.8. The summed E-state index contributed by atoms with van der Waals surface area (Å²) in [5.74, 6) is -1.52. The molecule has 37 heavy (non-hydrogen) atoms. The van der Waals surface area contributed by atoms with Gasteiger partial charge in [0.2, 0.25) is 0 Å². The lowest BCUT2D eigenvalue weighted by Gasteiger charge is -2.49. The summed E-state index contributed by atoms with van der Waals surface area (Å²) < 4.78 is 25.1. The molecule has 0 aromatic heterocycles. The van der Waals surface area contributed by atoms with Crippen LogP contribution in [0, 0.1) is 17.8 Å². The summed E-state index contributed by atoms with van der Waals surface area (Å²) in [6, 6.07) is 0. The lowest BCUT2D eigenvalue weighted by Crippen LogP contribution is -2.58. The number of aliphatic hydroxyl groups excluding tert-OH is 1. The molecule has 0 saturated carbocycles. The molecule has 0 amide bonds. The van der Waals surface area contributed by atoms with Crippen LogP contribution in [0.25, 0.3) is 0 Å². The number of hydrogen-bond donors (Lipinski definition) is 2. The largest absolute Gasteiger partial charge is 0.462 e. The number of allylic oxidation sites excluding steroid dienone is 4. The van der Waals surface area contributed by atoms with Crippen molar-refractivity contribution in [2.24, 2.45) is 17.8 Å². The second kappa shape index (κ2) is 10.4. The molecule has 3 saturated heterocycles. The molecule has 3 fully saturated rings. The highest BCUT2D eigenvalue weighted by Crippen LogP contribution is 2.47. The third kappa shape index (κ3) is 5.13. The summed E-state index contributed by atoms with van der Waals surface area (Å²) in [4.78, 5) is 13.8. The van der Waals surface area contributed by atoms with Gasteiger partial charge in [-0.2, -0.15) is 0 Å². The predicted octanol–water partition coefficient (Wildman–Crippen LogP) is 4.14. The summed E-state index contributed by atoms with van der Waals surface area (Å²) in [6.07, 6.45) is 13.8. The van der Waals surface area contributed by atoms with Crippen molar-refractivity contribution in [1.82, 2.24) is 0 Å². The van der Waals surface area contributed by atoms with Gasteiger partial charge >= 0.3 is 5.97 Å². The maximum absolute atomic E-state index is 13.8. The summed E-state index contributed by atoms with van der Waals surface area (Å²) in [5, 5.41) is 22.8. The molecule has 0 aromatic rings. The lowest BCUT2D eigenvalue weighted by atomic mass is 9.71. The SMILES string of the molecule is CC1=CC2C(=O)OC3CC(CC=CCC(C)C=CC=C4COC(C1O)C42O)OC1(CCC(C)C(C)O1)C3. The molecular weight excluding hydrogens is 472 g/mol. The van der Waals surface area contributed by atoms with Crippen molar-refractivity contribution in [3.05, 3.63) is 47.6 Å². The number of rotatable bonds is 0. The number of aliphatic hydroxyl groups is 2. The summed E-state index contributed by atoms with van der Waals surface area (Å²) >= 11 is 0. The van der Waals surface area contributed by atoms with Crippen LogP contribution in [-0.4, -0.2) is 64.7 Å². The Hall–Kier alpha value is -1.77. The van der Waals surface area contributed by atoms with E-state index >= 15 is 0 Å². The highest BCUT2D eigenvalue weighted by molar-refractivity contribution is 5.78. The fraction of sp³-hybridized carbons (Fsp3) is 0.700. The third-order valence-corrected chi connectivity index (χ3v) is 9.00. The van der Waals surface area contributed by atoms with Crippen molar-refractivity contribution < 1.29 is 34.0 Å². The lowest BCUT2D eigenvalue weighted by molar-refractivity contribution is -0.332. The Morgan fingerprint density at radius 2 is 1.86 bits per heavy atom. The zero-order chi connectivity index (χ0) is 26.4. The number of hydrogen-bond acceptors (Lipinski definition) is 7. The van der Waals surface area contributed by atoms with Crippen LogP contribution in [-0.2, 0) is 23.7 Å². The Labute approximate surface area is 220 Å². The quantitative estimate of drug-likeness (QED) is 0.371. The van der Waals surface area contributed by atoms with Crippen LogP contribution in [0.15, 0.2) is 47.6 Å². The van der Waals surface area contributed by atoms with Gasteiger partial charge in [0.25, 0.3) is 0 Å². The zero-order valence-corrected chi connectivity index (χ0v) is 22.5. The highest BCUT2D eigenvalue weighted by atomic mass is 16.7. The second-order valence-corrected chi connectivity index (χ2v) is 11.9. The first-order chi connectivity index (χ1) is 17.6. The first-order valence-electron chi connectivity index (χ1n) is 13.9. The molecule has 0 radical (unpaired) electrons. The molecule has 7 nitrogen and oxygen atoms in total. The fourth-order valence-corrected chi connectivity index (χ4v) is 6.50. The van der Waals surface area contributed by atoms with Gasteiger partial charge in [0.15, 0.2) is 5.79 Å². The van der Waals surface area contributed by atoms with Gasteiger partial charge in [0.1, 0.15) is 29.8 Å². The van der Waals surface area contributed by atoms with E-state index in [4.69, 9.17) is 18.9 Å². The van der Waals surface area contributed by atoms with Gasteiger partial charge in [0.05, 0.1) is 18.8 Å². The van der Waals surface area contributed by atoms with E-state index in [1.807, 2.05) is 12.2 Å². The van der Waals surface area contributed by atoms with Gasteiger partial charge in [-0.05, 0) is 56.1 Å². The predicted molar refractivity (Wildman–Crippen MR) is 138 cm³/mol. The molecule has 5 rings (SSSR count). The van der Waals surface area contributed by atoms with E-state index in [2.05, 4.69) is 39.0 Å². The van der Waals surface area contributed by atoms with E-state index in [-0.39, 0.29) is 18.8 Å². The monoisotopic (exact) mass is 514 g/mol. The molecule has 10 unspecified atom stereocenters. The third-order valence-electron chi connectivity index (χ3n) is 9.00. The molecule has 7 heteroatoms. The molecule has 204 valence electrons. The average Bonchev–Trinajstić information content (AvgIpc) is 3.18. The van der Waals surface area contributed by atoms with E-state index in [1.54, 1.807) is 13.0 Å². The first-order valence-corrected chi connectivity index (χ1v) is 13.9. The topological polar surface area (TPSA) is 94.5 Å². The number of carbonyl (C=O) groups excluding carboxylic acids is 1. The van der Waals surface area contributed by atoms with Gasteiger partial charge in [-0.15, -0.1) is 0 Å². The van der Waals surface area contributed by atoms with Crippen LogP contribution in [0.4, 0.5) is 0 Å². The standard InChI is InChI=1S/C30H42O7/c1-18-8-5-6-11-23-15-24(16-29(37-23)13-12-19(2)21(4)36-29)35-28(32)25-14-20(3)26(31)27-30(25,33)22(17-34-27)10-7-9-18/h5-7,9-10,14,18-19,21,23-27,31,33H,8,11-13,15-17H2,1-4H3. The highest BCUT2D eigenvalue weighted by Gasteiger charge is 2.60. The number of fused-ring (bicyclic) bond motifs is 2. The van der Waals surface area contributed by atoms with Gasteiger partial charge in [-0.25, -0.2) is 0 Å². The molecule has 5 aliphatic rings.